The molecule has 1 unspecified atom stereocenters. The molecule has 104 valence electrons. The second-order valence-corrected chi connectivity index (χ2v) is 4.85. The standard InChI is InChI=1S/C17H19NO2/c1-13(19)12-18-17(20)16(14-8-4-2-5-9-14)15-10-6-3-7-11-15/h2-11,13,16,19H,12H2,1H3,(H,18,20). The number of hydrogen-bond donors (Lipinski definition) is 2. The van der Waals surface area contributed by atoms with Crippen LogP contribution in [-0.4, -0.2) is 23.7 Å². The summed E-state index contributed by atoms with van der Waals surface area (Å²) < 4.78 is 0. The molecule has 2 aromatic rings. The van der Waals surface area contributed by atoms with Crippen LogP contribution in [0.4, 0.5) is 0 Å². The zero-order chi connectivity index (χ0) is 14.4. The van der Waals surface area contributed by atoms with Crippen LogP contribution in [0.15, 0.2) is 60.7 Å². The highest BCUT2D eigenvalue weighted by molar-refractivity contribution is 5.87. The number of carbonyl (C=O) groups is 1. The molecule has 3 heteroatoms. The molecule has 0 aliphatic heterocycles. The van der Waals surface area contributed by atoms with Gasteiger partial charge >= 0.3 is 0 Å². The van der Waals surface area contributed by atoms with Gasteiger partial charge in [-0.3, -0.25) is 4.79 Å². The van der Waals surface area contributed by atoms with Crippen LogP contribution in [0, 0.1) is 0 Å². The summed E-state index contributed by atoms with van der Waals surface area (Å²) in [6.07, 6.45) is -0.550. The lowest BCUT2D eigenvalue weighted by Gasteiger charge is -2.18. The minimum absolute atomic E-state index is 0.0942. The third-order valence-corrected chi connectivity index (χ3v) is 3.10. The van der Waals surface area contributed by atoms with Crippen LogP contribution < -0.4 is 5.32 Å². The Morgan fingerprint density at radius 2 is 1.45 bits per heavy atom. The molecule has 0 saturated carbocycles. The van der Waals surface area contributed by atoms with Crippen molar-refractivity contribution >= 4 is 5.91 Å². The second kappa shape index (κ2) is 6.87. The first-order valence-electron chi connectivity index (χ1n) is 6.74. The van der Waals surface area contributed by atoms with Crippen LogP contribution in [0.3, 0.4) is 0 Å². The van der Waals surface area contributed by atoms with E-state index in [1.807, 2.05) is 60.7 Å². The van der Waals surface area contributed by atoms with E-state index in [4.69, 9.17) is 0 Å². The molecule has 0 aromatic heterocycles. The zero-order valence-electron chi connectivity index (χ0n) is 11.5. The topological polar surface area (TPSA) is 49.3 Å². The summed E-state index contributed by atoms with van der Waals surface area (Å²) in [7, 11) is 0. The normalized spacial score (nSPS) is 12.2. The molecule has 1 amide bonds. The molecule has 1 atom stereocenters. The Kier molecular flexibility index (Phi) is 4.91. The maximum atomic E-state index is 12.4. The van der Waals surface area contributed by atoms with Crippen molar-refractivity contribution in [2.24, 2.45) is 0 Å². The van der Waals surface area contributed by atoms with Gasteiger partial charge < -0.3 is 10.4 Å². The van der Waals surface area contributed by atoms with Gasteiger partial charge in [0.2, 0.25) is 5.91 Å². The van der Waals surface area contributed by atoms with E-state index in [2.05, 4.69) is 5.32 Å². The van der Waals surface area contributed by atoms with Crippen LogP contribution in [0.25, 0.3) is 0 Å². The minimum Gasteiger partial charge on any atom is -0.392 e. The van der Waals surface area contributed by atoms with Gasteiger partial charge in [0.1, 0.15) is 0 Å². The number of aliphatic hydroxyl groups excluding tert-OH is 1. The fourth-order valence-corrected chi connectivity index (χ4v) is 2.14. The van der Waals surface area contributed by atoms with Gasteiger partial charge in [0.15, 0.2) is 0 Å². The molecular weight excluding hydrogens is 250 g/mol. The number of amides is 1. The van der Waals surface area contributed by atoms with Gasteiger partial charge in [-0.15, -0.1) is 0 Å². The highest BCUT2D eigenvalue weighted by atomic mass is 16.3. The van der Waals surface area contributed by atoms with Gasteiger partial charge in [-0.05, 0) is 18.1 Å². The molecule has 2 N–H and O–H groups in total. The predicted molar refractivity (Wildman–Crippen MR) is 79.4 cm³/mol. The third kappa shape index (κ3) is 3.68. The summed E-state index contributed by atoms with van der Waals surface area (Å²) in [5.41, 5.74) is 1.89. The van der Waals surface area contributed by atoms with Gasteiger partial charge in [-0.25, -0.2) is 0 Å². The van der Waals surface area contributed by atoms with Gasteiger partial charge in [0.05, 0.1) is 12.0 Å². The number of carbonyl (C=O) groups excluding carboxylic acids is 1. The molecule has 0 fully saturated rings. The molecule has 0 bridgehead atoms. The van der Waals surface area contributed by atoms with E-state index in [9.17, 15) is 9.90 Å². The van der Waals surface area contributed by atoms with E-state index in [1.54, 1.807) is 6.92 Å². The maximum Gasteiger partial charge on any atom is 0.232 e. The van der Waals surface area contributed by atoms with Crippen LogP contribution in [0.1, 0.15) is 24.0 Å². The largest absolute Gasteiger partial charge is 0.392 e. The van der Waals surface area contributed by atoms with Crippen molar-refractivity contribution in [3.05, 3.63) is 71.8 Å². The summed E-state index contributed by atoms with van der Waals surface area (Å²) in [5.74, 6) is -0.445. The van der Waals surface area contributed by atoms with Gasteiger partial charge in [0.25, 0.3) is 0 Å². The third-order valence-electron chi connectivity index (χ3n) is 3.10. The van der Waals surface area contributed by atoms with E-state index < -0.39 is 6.10 Å². The van der Waals surface area contributed by atoms with Crippen LogP contribution in [-0.2, 0) is 4.79 Å². The van der Waals surface area contributed by atoms with E-state index in [-0.39, 0.29) is 18.4 Å². The molecule has 0 aliphatic rings. The Balaban J connectivity index is 2.28. The monoisotopic (exact) mass is 269 g/mol. The smallest absolute Gasteiger partial charge is 0.232 e. The maximum absolute atomic E-state index is 12.4. The Bertz CT molecular complexity index is 498. The molecule has 0 saturated heterocycles. The Hall–Kier alpha value is -2.13. The molecule has 3 nitrogen and oxygen atoms in total. The fraction of sp³-hybridized carbons (Fsp3) is 0.235. The lowest BCUT2D eigenvalue weighted by Crippen LogP contribution is -2.34. The first-order chi connectivity index (χ1) is 9.68. The Labute approximate surface area is 119 Å². The molecular formula is C17H19NO2. The quantitative estimate of drug-likeness (QED) is 0.875. The first kappa shape index (κ1) is 14.3. The number of benzene rings is 2. The summed E-state index contributed by atoms with van der Waals surface area (Å²) in [4.78, 5) is 12.4. The predicted octanol–water partition coefficient (Wildman–Crippen LogP) is 2.32. The molecule has 2 rings (SSSR count). The van der Waals surface area contributed by atoms with Gasteiger partial charge in [0, 0.05) is 6.54 Å². The highest BCUT2D eigenvalue weighted by Crippen LogP contribution is 2.24. The van der Waals surface area contributed by atoms with Crippen molar-refractivity contribution in [2.45, 2.75) is 18.9 Å². The number of hydrogen-bond acceptors (Lipinski definition) is 2. The molecule has 0 radical (unpaired) electrons. The van der Waals surface area contributed by atoms with Gasteiger partial charge in [-0.2, -0.15) is 0 Å². The number of aliphatic hydroxyl groups is 1. The summed E-state index contributed by atoms with van der Waals surface area (Å²) in [6, 6.07) is 19.3. The fourth-order valence-electron chi connectivity index (χ4n) is 2.14. The van der Waals surface area contributed by atoms with E-state index in [1.165, 1.54) is 0 Å². The molecule has 0 spiro atoms. The average Bonchev–Trinajstić information content (AvgIpc) is 2.48. The van der Waals surface area contributed by atoms with Crippen LogP contribution in [0.2, 0.25) is 0 Å². The second-order valence-electron chi connectivity index (χ2n) is 4.85. The highest BCUT2D eigenvalue weighted by Gasteiger charge is 2.22. The average molecular weight is 269 g/mol. The van der Waals surface area contributed by atoms with Crippen LogP contribution >= 0.6 is 0 Å². The first-order valence-corrected chi connectivity index (χ1v) is 6.74. The summed E-state index contributed by atoms with van der Waals surface area (Å²) in [6.45, 7) is 1.91. The lowest BCUT2D eigenvalue weighted by atomic mass is 9.90. The van der Waals surface area contributed by atoms with E-state index >= 15 is 0 Å². The molecule has 0 heterocycles. The number of nitrogens with one attached hydrogen (secondary N) is 1. The molecule has 20 heavy (non-hydrogen) atoms. The van der Waals surface area contributed by atoms with Crippen molar-refractivity contribution in [3.8, 4) is 0 Å². The van der Waals surface area contributed by atoms with Gasteiger partial charge in [-0.1, -0.05) is 60.7 Å². The minimum atomic E-state index is -0.550. The Morgan fingerprint density at radius 3 is 1.85 bits per heavy atom. The summed E-state index contributed by atoms with van der Waals surface area (Å²) in [5, 5.41) is 12.1. The van der Waals surface area contributed by atoms with Crippen molar-refractivity contribution in [2.75, 3.05) is 6.54 Å². The van der Waals surface area contributed by atoms with Crippen molar-refractivity contribution in [1.29, 1.82) is 0 Å². The Morgan fingerprint density at radius 1 is 1.00 bits per heavy atom. The number of rotatable bonds is 5. The summed E-state index contributed by atoms with van der Waals surface area (Å²) >= 11 is 0. The van der Waals surface area contributed by atoms with Crippen molar-refractivity contribution in [3.63, 3.8) is 0 Å². The molecule has 0 aliphatic carbocycles. The SMILES string of the molecule is CC(O)CNC(=O)C(c1ccccc1)c1ccccc1. The van der Waals surface area contributed by atoms with Crippen molar-refractivity contribution in [1.82, 2.24) is 5.32 Å². The molecule has 2 aromatic carbocycles. The lowest BCUT2D eigenvalue weighted by molar-refractivity contribution is -0.122. The van der Waals surface area contributed by atoms with Crippen LogP contribution in [0.5, 0.6) is 0 Å². The zero-order valence-corrected chi connectivity index (χ0v) is 11.5. The van der Waals surface area contributed by atoms with Crippen molar-refractivity contribution < 1.29 is 9.90 Å². The van der Waals surface area contributed by atoms with E-state index in [0.29, 0.717) is 0 Å². The van der Waals surface area contributed by atoms with E-state index in [0.717, 1.165) is 11.1 Å².